The largest absolute Gasteiger partial charge is 0.480 e. The number of carbonyl (C=O) groups excluding carboxylic acids is 3. The fraction of sp³-hybridized carbons (Fsp3) is 0.722. The first kappa shape index (κ1) is 28.5. The molecule has 0 fully saturated rings. The first-order valence-corrected chi connectivity index (χ1v) is 11.3. The molecule has 0 spiro atoms. The standard InChI is InChI=1S/C18H35N7O5S/c1-10(2)14(25-13(26)9-19)16(28)23-11(6-8-31-3)15(27)24-12(17(29)30)5-4-7-22-18(20)21/h10-12,14H,4-9,19H2,1-3H3,(H,23,28)(H,24,27)(H,25,26)(H,29,30)(H4,20,21,22). The molecule has 0 heterocycles. The van der Waals surface area contributed by atoms with Crippen molar-refractivity contribution in [3.8, 4) is 0 Å². The van der Waals surface area contributed by atoms with Gasteiger partial charge in [0, 0.05) is 6.54 Å². The minimum Gasteiger partial charge on any atom is -0.480 e. The molecule has 0 aromatic heterocycles. The van der Waals surface area contributed by atoms with Crippen LogP contribution in [-0.2, 0) is 19.2 Å². The van der Waals surface area contributed by atoms with Gasteiger partial charge in [-0.15, -0.1) is 0 Å². The number of aliphatic imine (C=N–C) groups is 1. The quantitative estimate of drug-likeness (QED) is 0.0810. The Bertz CT molecular complexity index is 641. The van der Waals surface area contributed by atoms with Crippen molar-refractivity contribution in [3.63, 3.8) is 0 Å². The number of amides is 3. The van der Waals surface area contributed by atoms with Gasteiger partial charge in [-0.1, -0.05) is 13.8 Å². The molecule has 0 aliphatic carbocycles. The zero-order valence-electron chi connectivity index (χ0n) is 18.2. The Morgan fingerprint density at radius 2 is 1.61 bits per heavy atom. The van der Waals surface area contributed by atoms with E-state index >= 15 is 0 Å². The Kier molecular flexibility index (Phi) is 14.0. The Balaban J connectivity index is 5.21. The number of thioether (sulfide) groups is 1. The van der Waals surface area contributed by atoms with Crippen LogP contribution in [0.15, 0.2) is 4.99 Å². The van der Waals surface area contributed by atoms with Crippen LogP contribution in [0.3, 0.4) is 0 Å². The van der Waals surface area contributed by atoms with Gasteiger partial charge in [-0.2, -0.15) is 11.8 Å². The number of carboxylic acid groups (broad SMARTS) is 1. The number of carbonyl (C=O) groups is 4. The molecular formula is C18H35N7O5S. The molecule has 0 aromatic carbocycles. The Morgan fingerprint density at radius 1 is 1.00 bits per heavy atom. The fourth-order valence-corrected chi connectivity index (χ4v) is 3.04. The van der Waals surface area contributed by atoms with Crippen molar-refractivity contribution in [2.45, 2.75) is 51.2 Å². The van der Waals surface area contributed by atoms with Crippen LogP contribution in [0.25, 0.3) is 0 Å². The molecule has 3 unspecified atom stereocenters. The minimum atomic E-state index is -1.21. The Hall–Kier alpha value is -2.54. The lowest BCUT2D eigenvalue weighted by atomic mass is 10.0. The molecule has 31 heavy (non-hydrogen) atoms. The number of nitrogens with zero attached hydrogens (tertiary/aromatic N) is 1. The minimum absolute atomic E-state index is 0.0998. The van der Waals surface area contributed by atoms with Crippen LogP contribution in [-0.4, -0.2) is 78.0 Å². The highest BCUT2D eigenvalue weighted by molar-refractivity contribution is 7.98. The maximum Gasteiger partial charge on any atom is 0.326 e. The van der Waals surface area contributed by atoms with E-state index in [9.17, 15) is 24.3 Å². The number of hydrogen-bond donors (Lipinski definition) is 7. The molecule has 0 saturated heterocycles. The van der Waals surface area contributed by atoms with Crippen LogP contribution in [0, 0.1) is 5.92 Å². The molecular weight excluding hydrogens is 426 g/mol. The smallest absolute Gasteiger partial charge is 0.326 e. The van der Waals surface area contributed by atoms with Crippen molar-refractivity contribution in [2.24, 2.45) is 28.1 Å². The second-order valence-corrected chi connectivity index (χ2v) is 8.17. The summed E-state index contributed by atoms with van der Waals surface area (Å²) in [5, 5.41) is 17.0. The molecule has 0 aromatic rings. The third-order valence-electron chi connectivity index (χ3n) is 4.25. The highest BCUT2D eigenvalue weighted by atomic mass is 32.2. The van der Waals surface area contributed by atoms with Gasteiger partial charge >= 0.3 is 5.97 Å². The van der Waals surface area contributed by atoms with E-state index in [-0.39, 0.29) is 37.8 Å². The third-order valence-corrected chi connectivity index (χ3v) is 4.90. The molecule has 3 atom stereocenters. The highest BCUT2D eigenvalue weighted by Crippen LogP contribution is 2.07. The van der Waals surface area contributed by atoms with Crippen molar-refractivity contribution < 1.29 is 24.3 Å². The lowest BCUT2D eigenvalue weighted by Gasteiger charge is -2.26. The van der Waals surface area contributed by atoms with Gasteiger partial charge in [-0.05, 0) is 37.2 Å². The maximum atomic E-state index is 12.7. The van der Waals surface area contributed by atoms with Crippen molar-refractivity contribution in [2.75, 3.05) is 25.1 Å². The summed E-state index contributed by atoms with van der Waals surface area (Å²) < 4.78 is 0. The van der Waals surface area contributed by atoms with Gasteiger partial charge in [0.2, 0.25) is 17.7 Å². The predicted octanol–water partition coefficient (Wildman–Crippen LogP) is -2.05. The van der Waals surface area contributed by atoms with E-state index in [2.05, 4.69) is 20.9 Å². The predicted molar refractivity (Wildman–Crippen MR) is 120 cm³/mol. The van der Waals surface area contributed by atoms with E-state index in [1.807, 2.05) is 6.26 Å². The van der Waals surface area contributed by atoms with Crippen LogP contribution in [0.5, 0.6) is 0 Å². The van der Waals surface area contributed by atoms with Gasteiger partial charge in [0.05, 0.1) is 6.54 Å². The lowest BCUT2D eigenvalue weighted by molar-refractivity contribution is -0.142. The normalized spacial score (nSPS) is 13.6. The first-order chi connectivity index (χ1) is 14.5. The SMILES string of the molecule is CSCCC(NC(=O)C(NC(=O)CN)C(C)C)C(=O)NC(CCCN=C(N)N)C(=O)O. The first-order valence-electron chi connectivity index (χ1n) is 9.90. The van der Waals surface area contributed by atoms with E-state index in [0.29, 0.717) is 12.2 Å². The zero-order valence-corrected chi connectivity index (χ0v) is 19.0. The van der Waals surface area contributed by atoms with Crippen molar-refractivity contribution in [1.29, 1.82) is 0 Å². The van der Waals surface area contributed by atoms with E-state index in [1.165, 1.54) is 11.8 Å². The van der Waals surface area contributed by atoms with Gasteiger partial charge in [0.15, 0.2) is 5.96 Å². The number of carboxylic acids is 1. The van der Waals surface area contributed by atoms with Gasteiger partial charge in [0.25, 0.3) is 0 Å². The molecule has 0 saturated carbocycles. The average Bonchev–Trinajstić information content (AvgIpc) is 2.70. The van der Waals surface area contributed by atoms with Crippen molar-refractivity contribution >= 4 is 41.4 Å². The summed E-state index contributed by atoms with van der Waals surface area (Å²) in [4.78, 5) is 52.4. The van der Waals surface area contributed by atoms with Crippen molar-refractivity contribution in [1.82, 2.24) is 16.0 Å². The topological polar surface area (TPSA) is 215 Å². The average molecular weight is 462 g/mol. The van der Waals surface area contributed by atoms with E-state index in [0.717, 1.165) is 0 Å². The summed E-state index contributed by atoms with van der Waals surface area (Å²) >= 11 is 1.48. The third kappa shape index (κ3) is 12.0. The lowest BCUT2D eigenvalue weighted by Crippen LogP contribution is -2.57. The number of nitrogens with one attached hydrogen (secondary N) is 3. The number of hydrogen-bond acceptors (Lipinski definition) is 7. The monoisotopic (exact) mass is 461 g/mol. The molecule has 0 aliphatic rings. The highest BCUT2D eigenvalue weighted by Gasteiger charge is 2.30. The molecule has 0 aliphatic heterocycles. The molecule has 3 amide bonds. The summed E-state index contributed by atoms with van der Waals surface area (Å²) in [5.41, 5.74) is 15.8. The summed E-state index contributed by atoms with van der Waals surface area (Å²) in [5.74, 6) is -2.66. The van der Waals surface area contributed by atoms with Gasteiger partial charge in [-0.25, -0.2) is 4.79 Å². The number of nitrogens with two attached hydrogens (primary N) is 3. The van der Waals surface area contributed by atoms with Crippen LogP contribution in [0.2, 0.25) is 0 Å². The summed E-state index contributed by atoms with van der Waals surface area (Å²) in [7, 11) is 0. The van der Waals surface area contributed by atoms with Gasteiger partial charge < -0.3 is 38.3 Å². The molecule has 178 valence electrons. The zero-order chi connectivity index (χ0) is 24.0. The molecule has 13 heteroatoms. The van der Waals surface area contributed by atoms with E-state index in [4.69, 9.17) is 17.2 Å². The number of aliphatic carboxylic acids is 1. The van der Waals surface area contributed by atoms with Crippen molar-refractivity contribution in [3.05, 3.63) is 0 Å². The second kappa shape index (κ2) is 15.3. The van der Waals surface area contributed by atoms with E-state index in [1.54, 1.807) is 13.8 Å². The summed E-state index contributed by atoms with van der Waals surface area (Å²) in [6, 6.07) is -3.00. The van der Waals surface area contributed by atoms with Gasteiger partial charge in [0.1, 0.15) is 18.1 Å². The molecule has 0 bridgehead atoms. The van der Waals surface area contributed by atoms with Crippen LogP contribution >= 0.6 is 11.8 Å². The second-order valence-electron chi connectivity index (χ2n) is 7.18. The molecule has 0 rings (SSSR count). The van der Waals surface area contributed by atoms with E-state index < -0.39 is 41.8 Å². The summed E-state index contributed by atoms with van der Waals surface area (Å²) in [6.07, 6.45) is 2.59. The van der Waals surface area contributed by atoms with Gasteiger partial charge in [-0.3, -0.25) is 19.4 Å². The Morgan fingerprint density at radius 3 is 2.10 bits per heavy atom. The summed E-state index contributed by atoms with van der Waals surface area (Å²) in [6.45, 7) is 3.45. The molecule has 12 nitrogen and oxygen atoms in total. The maximum absolute atomic E-state index is 12.7. The number of rotatable bonds is 15. The van der Waals surface area contributed by atoms with Crippen LogP contribution in [0.1, 0.15) is 33.1 Å². The van der Waals surface area contributed by atoms with Crippen LogP contribution in [0.4, 0.5) is 0 Å². The number of guanidine groups is 1. The molecule has 0 radical (unpaired) electrons. The fourth-order valence-electron chi connectivity index (χ4n) is 2.57. The Labute approximate surface area is 186 Å². The molecule has 10 N–H and O–H groups in total. The van der Waals surface area contributed by atoms with Crippen LogP contribution < -0.4 is 33.2 Å².